The van der Waals surface area contributed by atoms with Crippen molar-refractivity contribution in [3.05, 3.63) is 11.6 Å². The number of nitrogens with zero attached hydrogens (tertiary/aromatic N) is 1. The predicted octanol–water partition coefficient (Wildman–Crippen LogP) is 1.60. The summed E-state index contributed by atoms with van der Waals surface area (Å²) < 4.78 is 15.3. The second-order valence-electron chi connectivity index (χ2n) is 3.75. The minimum absolute atomic E-state index is 0.0281. The first-order valence-electron chi connectivity index (χ1n) is 5.43. The van der Waals surface area contributed by atoms with Gasteiger partial charge in [-0.25, -0.2) is 9.78 Å². The van der Waals surface area contributed by atoms with E-state index in [2.05, 4.69) is 4.98 Å². The van der Waals surface area contributed by atoms with E-state index in [-0.39, 0.29) is 17.6 Å². The van der Waals surface area contributed by atoms with Crippen LogP contribution in [0.5, 0.6) is 5.95 Å². The average molecular weight is 243 g/mol. The van der Waals surface area contributed by atoms with Crippen molar-refractivity contribution in [2.75, 3.05) is 20.3 Å². The Morgan fingerprint density at radius 3 is 2.82 bits per heavy atom. The zero-order valence-corrected chi connectivity index (χ0v) is 10.2. The highest BCUT2D eigenvalue weighted by atomic mass is 16.6. The van der Waals surface area contributed by atoms with Crippen LogP contribution in [0.3, 0.4) is 0 Å². The summed E-state index contributed by atoms with van der Waals surface area (Å²) in [5.41, 5.74) is -0.175. The van der Waals surface area contributed by atoms with Gasteiger partial charge in [0.1, 0.15) is 0 Å². The number of oxazole rings is 1. The van der Waals surface area contributed by atoms with Crippen LogP contribution < -0.4 is 4.74 Å². The maximum Gasteiger partial charge on any atom is 0.362 e. The highest BCUT2D eigenvalue weighted by molar-refractivity contribution is 5.87. The van der Waals surface area contributed by atoms with E-state index in [0.717, 1.165) is 0 Å². The summed E-state index contributed by atoms with van der Waals surface area (Å²) in [5.74, 6) is -0.618. The van der Waals surface area contributed by atoms with Gasteiger partial charge in [-0.1, -0.05) is 6.92 Å². The molecule has 17 heavy (non-hydrogen) atoms. The molecule has 0 aliphatic carbocycles. The molecule has 0 aromatic carbocycles. The molecule has 0 spiro atoms. The summed E-state index contributed by atoms with van der Waals surface area (Å²) in [6.07, 6.45) is 0.515. The van der Waals surface area contributed by atoms with Gasteiger partial charge in [0.15, 0.2) is 5.89 Å². The Labute approximate surface area is 99.5 Å². The van der Waals surface area contributed by atoms with Crippen molar-refractivity contribution in [3.63, 3.8) is 0 Å². The molecule has 96 valence electrons. The van der Waals surface area contributed by atoms with Gasteiger partial charge in [0.25, 0.3) is 0 Å². The van der Waals surface area contributed by atoms with Gasteiger partial charge in [-0.15, -0.1) is 0 Å². The van der Waals surface area contributed by atoms with Crippen LogP contribution in [0.4, 0.5) is 0 Å². The van der Waals surface area contributed by atoms with Crippen LogP contribution >= 0.6 is 0 Å². The number of carbonyl (C=O) groups is 1. The van der Waals surface area contributed by atoms with Crippen molar-refractivity contribution >= 4 is 5.97 Å². The van der Waals surface area contributed by atoms with Crippen molar-refractivity contribution in [2.45, 2.75) is 20.3 Å². The van der Waals surface area contributed by atoms with Crippen molar-refractivity contribution < 1.29 is 23.8 Å². The summed E-state index contributed by atoms with van der Waals surface area (Å²) in [6, 6.07) is 0. The number of carboxylic acids is 1. The van der Waals surface area contributed by atoms with Gasteiger partial charge in [0.2, 0.25) is 5.69 Å². The molecule has 1 atom stereocenters. The molecule has 1 unspecified atom stereocenters. The molecule has 1 aromatic rings. The highest BCUT2D eigenvalue weighted by Crippen LogP contribution is 2.22. The number of aromatic carboxylic acids is 1. The van der Waals surface area contributed by atoms with Gasteiger partial charge >= 0.3 is 11.9 Å². The number of hydrogen-bond donors (Lipinski definition) is 1. The fraction of sp³-hybridized carbons (Fsp3) is 0.636. The van der Waals surface area contributed by atoms with Gasteiger partial charge in [0.05, 0.1) is 6.61 Å². The van der Waals surface area contributed by atoms with E-state index in [1.165, 1.54) is 0 Å². The minimum Gasteiger partial charge on any atom is -0.476 e. The standard InChI is InChI=1S/C11H17NO5/c1-4-16-11-9(10(13)14)12-8(17-11)5-7(2)6-15-3/h7H,4-6H2,1-3H3,(H,13,14). The number of rotatable bonds is 7. The molecule has 1 aromatic heterocycles. The summed E-state index contributed by atoms with van der Waals surface area (Å²) in [7, 11) is 1.61. The molecular weight excluding hydrogens is 226 g/mol. The zero-order chi connectivity index (χ0) is 12.8. The van der Waals surface area contributed by atoms with Crippen LogP contribution in [0.25, 0.3) is 0 Å². The van der Waals surface area contributed by atoms with Crippen molar-refractivity contribution in [1.82, 2.24) is 4.98 Å². The Bertz CT molecular complexity index is 374. The van der Waals surface area contributed by atoms with Crippen molar-refractivity contribution in [2.24, 2.45) is 5.92 Å². The Morgan fingerprint density at radius 1 is 1.59 bits per heavy atom. The number of carboxylic acid groups (broad SMARTS) is 1. The summed E-state index contributed by atoms with van der Waals surface area (Å²) in [4.78, 5) is 14.8. The smallest absolute Gasteiger partial charge is 0.362 e. The molecule has 1 rings (SSSR count). The quantitative estimate of drug-likeness (QED) is 0.783. The molecule has 0 amide bonds. The third kappa shape index (κ3) is 3.74. The fourth-order valence-corrected chi connectivity index (χ4v) is 1.44. The molecule has 6 heteroatoms. The van der Waals surface area contributed by atoms with Crippen LogP contribution in [0.2, 0.25) is 0 Å². The molecule has 0 aliphatic heterocycles. The van der Waals surface area contributed by atoms with Crippen molar-refractivity contribution in [1.29, 1.82) is 0 Å². The molecule has 6 nitrogen and oxygen atoms in total. The van der Waals surface area contributed by atoms with Crippen LogP contribution in [0.1, 0.15) is 30.2 Å². The second-order valence-corrected chi connectivity index (χ2v) is 3.75. The first-order chi connectivity index (χ1) is 8.08. The maximum absolute atomic E-state index is 10.9. The molecule has 0 saturated heterocycles. The Hall–Kier alpha value is -1.56. The third-order valence-corrected chi connectivity index (χ3v) is 2.09. The van der Waals surface area contributed by atoms with Crippen LogP contribution in [0, 0.1) is 5.92 Å². The summed E-state index contributed by atoms with van der Waals surface area (Å²) >= 11 is 0. The Kier molecular flexibility index (Phi) is 4.96. The molecule has 0 bridgehead atoms. The first kappa shape index (κ1) is 13.5. The average Bonchev–Trinajstić information content (AvgIpc) is 2.62. The second kappa shape index (κ2) is 6.24. The van der Waals surface area contributed by atoms with Crippen LogP contribution in [-0.2, 0) is 11.2 Å². The van der Waals surface area contributed by atoms with E-state index >= 15 is 0 Å². The zero-order valence-electron chi connectivity index (χ0n) is 10.2. The third-order valence-electron chi connectivity index (χ3n) is 2.09. The SMILES string of the molecule is CCOc1oc(CC(C)COC)nc1C(=O)O. The monoisotopic (exact) mass is 243 g/mol. The van der Waals surface area contributed by atoms with Crippen LogP contribution in [-0.4, -0.2) is 36.4 Å². The van der Waals surface area contributed by atoms with Gasteiger partial charge in [-0.05, 0) is 12.8 Å². The molecule has 1 heterocycles. The fourth-order valence-electron chi connectivity index (χ4n) is 1.44. The maximum atomic E-state index is 10.9. The Balaban J connectivity index is 2.80. The summed E-state index contributed by atoms with van der Waals surface area (Å²) in [5, 5.41) is 8.92. The van der Waals surface area contributed by atoms with Gasteiger partial charge in [-0.2, -0.15) is 0 Å². The number of hydrogen-bond acceptors (Lipinski definition) is 5. The number of aromatic nitrogens is 1. The lowest BCUT2D eigenvalue weighted by atomic mass is 10.1. The lowest BCUT2D eigenvalue weighted by molar-refractivity contribution is 0.0683. The topological polar surface area (TPSA) is 81.8 Å². The molecule has 0 saturated carbocycles. The number of methoxy groups -OCH3 is 1. The van der Waals surface area contributed by atoms with Crippen LogP contribution in [0.15, 0.2) is 4.42 Å². The Morgan fingerprint density at radius 2 is 2.29 bits per heavy atom. The predicted molar refractivity (Wildman–Crippen MR) is 59.4 cm³/mol. The number of ether oxygens (including phenoxy) is 2. The van der Waals surface area contributed by atoms with Gasteiger partial charge in [0, 0.05) is 20.1 Å². The van der Waals surface area contributed by atoms with E-state index in [1.807, 2.05) is 6.92 Å². The van der Waals surface area contributed by atoms with E-state index in [4.69, 9.17) is 19.0 Å². The summed E-state index contributed by atoms with van der Waals surface area (Å²) in [6.45, 7) is 4.62. The minimum atomic E-state index is -1.15. The highest BCUT2D eigenvalue weighted by Gasteiger charge is 2.21. The largest absolute Gasteiger partial charge is 0.476 e. The van der Waals surface area contributed by atoms with Gasteiger partial charge in [-0.3, -0.25) is 0 Å². The van der Waals surface area contributed by atoms with E-state index in [9.17, 15) is 4.79 Å². The molecule has 0 fully saturated rings. The van der Waals surface area contributed by atoms with Gasteiger partial charge < -0.3 is 19.0 Å². The molecular formula is C11H17NO5. The molecule has 0 aliphatic rings. The molecule has 0 radical (unpaired) electrons. The van der Waals surface area contributed by atoms with E-state index in [1.54, 1.807) is 14.0 Å². The van der Waals surface area contributed by atoms with Crippen molar-refractivity contribution in [3.8, 4) is 5.95 Å². The normalized spacial score (nSPS) is 12.4. The van der Waals surface area contributed by atoms with E-state index < -0.39 is 5.97 Å². The lowest BCUT2D eigenvalue weighted by Crippen LogP contribution is -2.07. The molecule has 1 N–H and O–H groups in total. The first-order valence-corrected chi connectivity index (χ1v) is 5.43. The van der Waals surface area contributed by atoms with E-state index in [0.29, 0.717) is 25.5 Å². The lowest BCUT2D eigenvalue weighted by Gasteiger charge is -2.05.